The number of halogens is 2. The predicted molar refractivity (Wildman–Crippen MR) is 112 cm³/mol. The highest BCUT2D eigenvalue weighted by Crippen LogP contribution is 2.23. The number of para-hydroxylation sites is 1. The lowest BCUT2D eigenvalue weighted by Gasteiger charge is -2.34. The van der Waals surface area contributed by atoms with Gasteiger partial charge >= 0.3 is 0 Å². The minimum atomic E-state index is -4.39. The fourth-order valence-electron chi connectivity index (χ4n) is 3.74. The van der Waals surface area contributed by atoms with E-state index in [4.69, 9.17) is 0 Å². The Morgan fingerprint density at radius 3 is 2.28 bits per heavy atom. The summed E-state index contributed by atoms with van der Waals surface area (Å²) in [6, 6.07) is 9.69. The molecule has 1 aromatic heterocycles. The second-order valence-corrected chi connectivity index (χ2v) is 9.28. The molecule has 0 bridgehead atoms. The van der Waals surface area contributed by atoms with E-state index >= 15 is 0 Å². The second kappa shape index (κ2) is 8.40. The van der Waals surface area contributed by atoms with Gasteiger partial charge in [0, 0.05) is 26.2 Å². The number of benzene rings is 2. The summed E-state index contributed by atoms with van der Waals surface area (Å²) in [5, 5.41) is 0.397. The van der Waals surface area contributed by atoms with Gasteiger partial charge in [0.25, 0.3) is 5.56 Å². The maximum Gasteiger partial charge on any atom is 0.261 e. The maximum atomic E-state index is 14.0. The highest BCUT2D eigenvalue weighted by Gasteiger charge is 2.34. The number of carbonyl (C=O) groups excluding carboxylic acids is 1. The van der Waals surface area contributed by atoms with Gasteiger partial charge in [-0.3, -0.25) is 14.2 Å². The van der Waals surface area contributed by atoms with E-state index in [1.54, 1.807) is 31.2 Å². The van der Waals surface area contributed by atoms with Gasteiger partial charge in [-0.15, -0.1) is 0 Å². The molecule has 0 aliphatic carbocycles. The molecule has 4 rings (SSSR count). The van der Waals surface area contributed by atoms with E-state index in [1.165, 1.54) is 9.47 Å². The van der Waals surface area contributed by atoms with Crippen molar-refractivity contribution >= 4 is 26.8 Å². The number of rotatable bonds is 4. The van der Waals surface area contributed by atoms with Crippen molar-refractivity contribution in [2.45, 2.75) is 18.4 Å². The maximum absolute atomic E-state index is 14.0. The number of sulfonamides is 1. The number of aryl methyl sites for hydroxylation is 1. The first-order chi connectivity index (χ1) is 15.2. The lowest BCUT2D eigenvalue weighted by atomic mass is 10.2. The van der Waals surface area contributed by atoms with Crippen LogP contribution in [0.15, 0.2) is 52.2 Å². The van der Waals surface area contributed by atoms with Gasteiger partial charge in [0.15, 0.2) is 4.90 Å². The average molecular weight is 462 g/mol. The van der Waals surface area contributed by atoms with Crippen molar-refractivity contribution in [3.05, 3.63) is 70.3 Å². The molecule has 32 heavy (non-hydrogen) atoms. The Morgan fingerprint density at radius 2 is 1.62 bits per heavy atom. The van der Waals surface area contributed by atoms with Crippen molar-refractivity contribution in [3.8, 4) is 0 Å². The van der Waals surface area contributed by atoms with Gasteiger partial charge < -0.3 is 4.90 Å². The van der Waals surface area contributed by atoms with Crippen LogP contribution in [0.3, 0.4) is 0 Å². The molecule has 2 aromatic carbocycles. The molecule has 168 valence electrons. The van der Waals surface area contributed by atoms with E-state index < -0.39 is 26.6 Å². The highest BCUT2D eigenvalue weighted by atomic mass is 32.2. The summed E-state index contributed by atoms with van der Waals surface area (Å²) < 4.78 is 55.6. The number of nitrogens with zero attached hydrogens (tertiary/aromatic N) is 4. The molecule has 0 unspecified atom stereocenters. The summed E-state index contributed by atoms with van der Waals surface area (Å²) in [7, 11) is -4.39. The second-order valence-electron chi connectivity index (χ2n) is 7.40. The first kappa shape index (κ1) is 22.0. The molecule has 1 aliphatic rings. The molecule has 0 N–H and O–H groups in total. The van der Waals surface area contributed by atoms with Gasteiger partial charge in [-0.05, 0) is 31.2 Å². The Labute approximate surface area is 182 Å². The van der Waals surface area contributed by atoms with E-state index in [0.717, 1.165) is 22.5 Å². The van der Waals surface area contributed by atoms with Gasteiger partial charge in [0.05, 0.1) is 10.9 Å². The summed E-state index contributed by atoms with van der Waals surface area (Å²) >= 11 is 0. The number of fused-ring (bicyclic) bond motifs is 1. The van der Waals surface area contributed by atoms with Crippen LogP contribution in [0.25, 0.3) is 10.9 Å². The van der Waals surface area contributed by atoms with Crippen LogP contribution < -0.4 is 5.56 Å². The van der Waals surface area contributed by atoms with E-state index in [0.29, 0.717) is 16.7 Å². The van der Waals surface area contributed by atoms with E-state index in [2.05, 4.69) is 4.98 Å². The fourth-order valence-corrected chi connectivity index (χ4v) is 5.27. The molecule has 3 aromatic rings. The zero-order valence-electron chi connectivity index (χ0n) is 17.2. The molecule has 8 nitrogen and oxygen atoms in total. The average Bonchev–Trinajstić information content (AvgIpc) is 2.76. The van der Waals surface area contributed by atoms with Gasteiger partial charge in [0.1, 0.15) is 24.0 Å². The SMILES string of the molecule is Cc1nc2ccccc2c(=O)n1CC(=O)N1CCN(S(=O)(=O)c2c(F)cccc2F)CC1. The molecule has 1 fully saturated rings. The predicted octanol–water partition coefficient (Wildman–Crippen LogP) is 1.52. The van der Waals surface area contributed by atoms with Crippen LogP contribution in [0.4, 0.5) is 8.78 Å². The molecule has 0 atom stereocenters. The lowest BCUT2D eigenvalue weighted by Crippen LogP contribution is -2.51. The van der Waals surface area contributed by atoms with Crippen LogP contribution in [-0.4, -0.2) is 59.3 Å². The number of aromatic nitrogens is 2. The molecule has 1 amide bonds. The van der Waals surface area contributed by atoms with Crippen molar-refractivity contribution < 1.29 is 22.0 Å². The zero-order valence-corrected chi connectivity index (χ0v) is 18.0. The third-order valence-electron chi connectivity index (χ3n) is 5.45. The first-order valence-electron chi connectivity index (χ1n) is 9.88. The van der Waals surface area contributed by atoms with E-state index in [-0.39, 0.29) is 44.2 Å². The van der Waals surface area contributed by atoms with Crippen molar-refractivity contribution in [3.63, 3.8) is 0 Å². The molecule has 0 spiro atoms. The summed E-state index contributed by atoms with van der Waals surface area (Å²) in [5.41, 5.74) is 0.204. The summed E-state index contributed by atoms with van der Waals surface area (Å²) in [4.78, 5) is 30.3. The quantitative estimate of drug-likeness (QED) is 0.586. The minimum Gasteiger partial charge on any atom is -0.338 e. The number of hydrogen-bond donors (Lipinski definition) is 0. The lowest BCUT2D eigenvalue weighted by molar-refractivity contribution is -0.133. The van der Waals surface area contributed by atoms with Gasteiger partial charge in [-0.25, -0.2) is 22.2 Å². The Morgan fingerprint density at radius 1 is 1.00 bits per heavy atom. The zero-order chi connectivity index (χ0) is 23.0. The van der Waals surface area contributed by atoms with Gasteiger partial charge in [0.2, 0.25) is 15.9 Å². The van der Waals surface area contributed by atoms with Crippen LogP contribution in [0.2, 0.25) is 0 Å². The van der Waals surface area contributed by atoms with E-state index in [9.17, 15) is 26.8 Å². The Hall–Kier alpha value is -3.18. The number of carbonyl (C=O) groups is 1. The Kier molecular flexibility index (Phi) is 5.78. The standard InChI is InChI=1S/C21H20F2N4O4S/c1-14-24-18-8-3-2-5-15(18)21(29)27(14)13-19(28)25-9-11-26(12-10-25)32(30,31)20-16(22)6-4-7-17(20)23/h2-8H,9-13H2,1H3. The highest BCUT2D eigenvalue weighted by molar-refractivity contribution is 7.89. The van der Waals surface area contributed by atoms with Crippen LogP contribution in [-0.2, 0) is 21.4 Å². The normalized spacial score (nSPS) is 15.3. The summed E-state index contributed by atoms with van der Waals surface area (Å²) in [6.45, 7) is 1.22. The summed E-state index contributed by atoms with van der Waals surface area (Å²) in [6.07, 6.45) is 0. The minimum absolute atomic E-state index is 0.0307. The Balaban J connectivity index is 1.49. The molecule has 2 heterocycles. The Bertz CT molecular complexity index is 1350. The third-order valence-corrected chi connectivity index (χ3v) is 7.40. The summed E-state index contributed by atoms with van der Waals surface area (Å²) in [5.74, 6) is -2.32. The van der Waals surface area contributed by atoms with Crippen LogP contribution >= 0.6 is 0 Å². The number of piperazine rings is 1. The molecular formula is C21H20F2N4O4S. The fraction of sp³-hybridized carbons (Fsp3) is 0.286. The van der Waals surface area contributed by atoms with Crippen molar-refractivity contribution in [2.75, 3.05) is 26.2 Å². The topological polar surface area (TPSA) is 92.6 Å². The molecule has 1 saturated heterocycles. The number of amides is 1. The molecule has 0 saturated carbocycles. The van der Waals surface area contributed by atoms with Crippen LogP contribution in [0, 0.1) is 18.6 Å². The molecular weight excluding hydrogens is 442 g/mol. The van der Waals surface area contributed by atoms with Crippen LogP contribution in [0.5, 0.6) is 0 Å². The van der Waals surface area contributed by atoms with Crippen LogP contribution in [0.1, 0.15) is 5.82 Å². The molecule has 1 aliphatic heterocycles. The van der Waals surface area contributed by atoms with E-state index in [1.807, 2.05) is 0 Å². The molecule has 0 radical (unpaired) electrons. The number of hydrogen-bond acceptors (Lipinski definition) is 5. The largest absolute Gasteiger partial charge is 0.338 e. The molecule has 11 heteroatoms. The van der Waals surface area contributed by atoms with Crippen molar-refractivity contribution in [1.29, 1.82) is 0 Å². The first-order valence-corrected chi connectivity index (χ1v) is 11.3. The monoisotopic (exact) mass is 462 g/mol. The van der Waals surface area contributed by atoms with Gasteiger partial charge in [-0.1, -0.05) is 18.2 Å². The van der Waals surface area contributed by atoms with Gasteiger partial charge in [-0.2, -0.15) is 4.31 Å². The third kappa shape index (κ3) is 3.89. The van der Waals surface area contributed by atoms with Crippen molar-refractivity contribution in [2.24, 2.45) is 0 Å². The smallest absolute Gasteiger partial charge is 0.261 e. The van der Waals surface area contributed by atoms with Crippen molar-refractivity contribution in [1.82, 2.24) is 18.8 Å².